The first-order valence-electron chi connectivity index (χ1n) is 12.8. The molecule has 1 rings (SSSR count). The molecule has 178 valence electrons. The van der Waals surface area contributed by atoms with Crippen LogP contribution in [0.1, 0.15) is 110 Å². The van der Waals surface area contributed by atoms with Crippen LogP contribution in [0.3, 0.4) is 0 Å². The molecule has 1 aliphatic rings. The Balaban J connectivity index is 1.98. The van der Waals surface area contributed by atoms with E-state index in [1.807, 2.05) is 6.20 Å². The third-order valence-corrected chi connectivity index (χ3v) is 6.20. The summed E-state index contributed by atoms with van der Waals surface area (Å²) in [4.78, 5) is 15.7. The Bertz CT molecular complexity index is 557. The van der Waals surface area contributed by atoms with Gasteiger partial charge in [0.1, 0.15) is 12.7 Å². The summed E-state index contributed by atoms with van der Waals surface area (Å²) < 4.78 is 0.303. The molecule has 0 aromatic carbocycles. The van der Waals surface area contributed by atoms with Gasteiger partial charge in [-0.05, 0) is 32.1 Å². The average molecular weight is 435 g/mol. The molecule has 1 unspecified atom stereocenters. The molecule has 5 heteroatoms. The van der Waals surface area contributed by atoms with E-state index in [9.17, 15) is 9.90 Å². The summed E-state index contributed by atoms with van der Waals surface area (Å²) >= 11 is 0. The SMILES string of the molecule is CCCCCCCCC/C=C/CCCCCCCCC1=NC=C[N+]1(CCN)CC(=O)O. The number of nitrogens with zero attached hydrogens (tertiary/aromatic N) is 2. The van der Waals surface area contributed by atoms with Crippen LogP contribution in [-0.4, -0.2) is 41.0 Å². The Hall–Kier alpha value is -1.46. The van der Waals surface area contributed by atoms with E-state index >= 15 is 0 Å². The van der Waals surface area contributed by atoms with Crippen molar-refractivity contribution in [1.29, 1.82) is 0 Å². The Kier molecular flexibility index (Phi) is 16.1. The highest BCUT2D eigenvalue weighted by molar-refractivity contribution is 5.81. The van der Waals surface area contributed by atoms with Crippen molar-refractivity contribution < 1.29 is 14.4 Å². The molecule has 31 heavy (non-hydrogen) atoms. The highest BCUT2D eigenvalue weighted by Gasteiger charge is 2.36. The second kappa shape index (κ2) is 18.1. The van der Waals surface area contributed by atoms with Gasteiger partial charge >= 0.3 is 5.97 Å². The number of quaternary nitrogens is 1. The van der Waals surface area contributed by atoms with Crippen LogP contribution in [0, 0.1) is 0 Å². The normalized spacial score (nSPS) is 18.2. The predicted molar refractivity (Wildman–Crippen MR) is 132 cm³/mol. The summed E-state index contributed by atoms with van der Waals surface area (Å²) in [5.74, 6) is 0.156. The van der Waals surface area contributed by atoms with Crippen LogP contribution in [-0.2, 0) is 4.79 Å². The number of aliphatic imine (C=N–C) groups is 1. The minimum atomic E-state index is -0.802. The lowest BCUT2D eigenvalue weighted by Gasteiger charge is -2.30. The van der Waals surface area contributed by atoms with E-state index < -0.39 is 5.97 Å². The van der Waals surface area contributed by atoms with Crippen LogP contribution >= 0.6 is 0 Å². The van der Waals surface area contributed by atoms with Crippen molar-refractivity contribution in [1.82, 2.24) is 0 Å². The van der Waals surface area contributed by atoms with Crippen molar-refractivity contribution in [2.45, 2.75) is 110 Å². The number of rotatable bonds is 21. The van der Waals surface area contributed by atoms with Gasteiger partial charge in [-0.25, -0.2) is 14.3 Å². The number of carboxylic acids is 1. The minimum absolute atomic E-state index is 0.0407. The first-order chi connectivity index (χ1) is 15.1. The number of carboxylic acid groups (broad SMARTS) is 1. The van der Waals surface area contributed by atoms with Crippen molar-refractivity contribution in [3.8, 4) is 0 Å². The molecule has 0 fully saturated rings. The standard InChI is InChI=1S/C26H47N3O2/c1-2-3-4-5-6-7-8-9-10-11-12-13-14-15-16-17-18-19-25-28-21-23-29(25,22-20-27)24-26(30)31/h10-11,21,23H,2-9,12-20,22,24,27H2,1H3/p+1/b11-10+. The third kappa shape index (κ3) is 12.9. The van der Waals surface area contributed by atoms with E-state index in [2.05, 4.69) is 24.1 Å². The monoisotopic (exact) mass is 434 g/mol. The highest BCUT2D eigenvalue weighted by Crippen LogP contribution is 2.21. The molecule has 0 radical (unpaired) electrons. The zero-order valence-corrected chi connectivity index (χ0v) is 20.1. The van der Waals surface area contributed by atoms with Gasteiger partial charge in [-0.1, -0.05) is 83.3 Å². The fraction of sp³-hybridized carbons (Fsp3) is 0.769. The number of hydrogen-bond donors (Lipinski definition) is 2. The molecule has 0 saturated heterocycles. The van der Waals surface area contributed by atoms with E-state index in [4.69, 9.17) is 5.73 Å². The molecule has 3 N–H and O–H groups in total. The lowest BCUT2D eigenvalue weighted by molar-refractivity contribution is -0.778. The van der Waals surface area contributed by atoms with Gasteiger partial charge in [0.15, 0.2) is 6.54 Å². The van der Waals surface area contributed by atoms with Gasteiger partial charge in [-0.15, -0.1) is 0 Å². The molecular weight excluding hydrogens is 386 g/mol. The quantitative estimate of drug-likeness (QED) is 0.122. The number of unbranched alkanes of at least 4 members (excludes halogenated alkanes) is 13. The molecule has 1 atom stereocenters. The van der Waals surface area contributed by atoms with E-state index in [-0.39, 0.29) is 6.54 Å². The van der Waals surface area contributed by atoms with Crippen molar-refractivity contribution in [3.63, 3.8) is 0 Å². The predicted octanol–water partition coefficient (Wildman–Crippen LogP) is 6.55. The van der Waals surface area contributed by atoms with Gasteiger partial charge in [0.2, 0.25) is 5.84 Å². The summed E-state index contributed by atoms with van der Waals surface area (Å²) in [5.41, 5.74) is 5.72. The fourth-order valence-electron chi connectivity index (χ4n) is 4.34. The van der Waals surface area contributed by atoms with E-state index in [1.165, 1.54) is 89.9 Å². The summed E-state index contributed by atoms with van der Waals surface area (Å²) in [7, 11) is 0. The van der Waals surface area contributed by atoms with Crippen molar-refractivity contribution in [2.24, 2.45) is 10.7 Å². The summed E-state index contributed by atoms with van der Waals surface area (Å²) in [5, 5.41) is 9.25. The molecule has 0 bridgehead atoms. The van der Waals surface area contributed by atoms with Crippen LogP contribution in [0.4, 0.5) is 0 Å². The number of carbonyl (C=O) groups is 1. The van der Waals surface area contributed by atoms with Gasteiger partial charge in [-0.3, -0.25) is 0 Å². The van der Waals surface area contributed by atoms with Gasteiger partial charge in [-0.2, -0.15) is 0 Å². The molecule has 0 aromatic heterocycles. The summed E-state index contributed by atoms with van der Waals surface area (Å²) in [6.45, 7) is 3.38. The minimum Gasteiger partial charge on any atom is -0.477 e. The molecule has 0 aliphatic carbocycles. The van der Waals surface area contributed by atoms with E-state index in [0.29, 0.717) is 17.6 Å². The second-order valence-corrected chi connectivity index (χ2v) is 8.98. The van der Waals surface area contributed by atoms with Crippen molar-refractivity contribution in [2.75, 3.05) is 19.6 Å². The Morgan fingerprint density at radius 3 is 2.03 bits per heavy atom. The Morgan fingerprint density at radius 1 is 0.935 bits per heavy atom. The first-order valence-corrected chi connectivity index (χ1v) is 12.8. The smallest absolute Gasteiger partial charge is 0.360 e. The van der Waals surface area contributed by atoms with Crippen molar-refractivity contribution in [3.05, 3.63) is 24.6 Å². The maximum Gasteiger partial charge on any atom is 0.360 e. The molecule has 5 nitrogen and oxygen atoms in total. The molecule has 1 heterocycles. The topological polar surface area (TPSA) is 75.7 Å². The number of aliphatic carboxylic acids is 1. The second-order valence-electron chi connectivity index (χ2n) is 8.98. The average Bonchev–Trinajstić information content (AvgIpc) is 3.11. The Labute approximate surface area is 191 Å². The number of hydrogen-bond acceptors (Lipinski definition) is 3. The van der Waals surface area contributed by atoms with Crippen LogP contribution in [0.15, 0.2) is 29.5 Å². The lowest BCUT2D eigenvalue weighted by atomic mass is 10.1. The molecule has 0 saturated carbocycles. The number of amidine groups is 1. The molecule has 0 aromatic rings. The maximum absolute atomic E-state index is 11.3. The van der Waals surface area contributed by atoms with Crippen LogP contribution in [0.5, 0.6) is 0 Å². The molecule has 1 aliphatic heterocycles. The number of allylic oxidation sites excluding steroid dienone is 2. The first kappa shape index (κ1) is 27.6. The van der Waals surface area contributed by atoms with Gasteiger partial charge in [0.25, 0.3) is 0 Å². The van der Waals surface area contributed by atoms with Crippen LogP contribution in [0.25, 0.3) is 0 Å². The van der Waals surface area contributed by atoms with Crippen molar-refractivity contribution >= 4 is 11.8 Å². The fourth-order valence-corrected chi connectivity index (χ4v) is 4.34. The lowest BCUT2D eigenvalue weighted by Crippen LogP contribution is -2.52. The van der Waals surface area contributed by atoms with Crippen LogP contribution < -0.4 is 5.73 Å². The van der Waals surface area contributed by atoms with Crippen LogP contribution in [0.2, 0.25) is 0 Å². The zero-order chi connectivity index (χ0) is 22.6. The van der Waals surface area contributed by atoms with Gasteiger partial charge in [0.05, 0.1) is 6.20 Å². The molecular formula is C26H48N3O2+. The largest absolute Gasteiger partial charge is 0.477 e. The van der Waals surface area contributed by atoms with Gasteiger partial charge < -0.3 is 10.8 Å². The van der Waals surface area contributed by atoms with E-state index in [1.54, 1.807) is 6.20 Å². The zero-order valence-electron chi connectivity index (χ0n) is 20.1. The van der Waals surface area contributed by atoms with E-state index in [0.717, 1.165) is 18.7 Å². The Morgan fingerprint density at radius 2 is 1.48 bits per heavy atom. The summed E-state index contributed by atoms with van der Waals surface area (Å²) in [6.07, 6.45) is 28.8. The molecule has 0 spiro atoms. The molecule has 0 amide bonds. The third-order valence-electron chi connectivity index (χ3n) is 6.20. The number of nitrogens with two attached hydrogens (primary N) is 1. The maximum atomic E-state index is 11.3. The highest BCUT2D eigenvalue weighted by atomic mass is 16.4. The summed E-state index contributed by atoms with van der Waals surface area (Å²) in [6, 6.07) is 0. The van der Waals surface area contributed by atoms with Gasteiger partial charge in [0, 0.05) is 13.0 Å².